The predicted octanol–water partition coefficient (Wildman–Crippen LogP) is -0.268. The van der Waals surface area contributed by atoms with Crippen LogP contribution in [0.25, 0.3) is 22.3 Å². The molecule has 158 valence electrons. The topological polar surface area (TPSA) is 0 Å². The number of fused-ring (bicyclic) bond motifs is 5. The van der Waals surface area contributed by atoms with E-state index in [4.69, 9.17) is 0 Å². The minimum absolute atomic E-state index is 0. The van der Waals surface area contributed by atoms with E-state index in [9.17, 15) is 0 Å². The van der Waals surface area contributed by atoms with Gasteiger partial charge in [0.1, 0.15) is 0 Å². The van der Waals surface area contributed by atoms with E-state index in [-0.39, 0.29) is 51.0 Å². The molecule has 0 saturated carbocycles. The molecule has 3 aromatic rings. The minimum Gasteiger partial charge on any atom is -1.00 e. The van der Waals surface area contributed by atoms with Crippen LogP contribution in [0.5, 0.6) is 0 Å². The Hall–Kier alpha value is -1.66. The van der Waals surface area contributed by atoms with Crippen LogP contribution in [0, 0.1) is 5.92 Å². The summed E-state index contributed by atoms with van der Waals surface area (Å²) in [7, 11) is 0. The summed E-state index contributed by atoms with van der Waals surface area (Å²) < 4.78 is 0. The monoisotopic (exact) mass is 532 g/mol. The van der Waals surface area contributed by atoms with Crippen molar-refractivity contribution in [3.05, 3.63) is 119 Å². The molecule has 0 saturated heterocycles. The molecule has 0 aromatic heterocycles. The molecular weight excluding hydrogens is 510 g/mol. The molecule has 0 fully saturated rings. The van der Waals surface area contributed by atoms with E-state index in [0.29, 0.717) is 11.8 Å². The predicted molar refractivity (Wildman–Crippen MR) is 122 cm³/mol. The average Bonchev–Trinajstić information content (AvgIpc) is 3.28. The second-order valence-electron chi connectivity index (χ2n) is 8.37. The Labute approximate surface area is 221 Å². The van der Waals surface area contributed by atoms with Crippen LogP contribution in [0.2, 0.25) is 0 Å². The molecule has 6 rings (SSSR count). The first-order chi connectivity index (χ1) is 14.4. The van der Waals surface area contributed by atoms with E-state index >= 15 is 0 Å². The summed E-state index contributed by atoms with van der Waals surface area (Å²) in [5.74, 6) is 1.01. The molecule has 1 unspecified atom stereocenters. The molecule has 0 nitrogen and oxygen atoms in total. The molecule has 3 heteroatoms. The van der Waals surface area contributed by atoms with Crippen molar-refractivity contribution in [3.63, 3.8) is 0 Å². The Kier molecular flexibility index (Phi) is 8.21. The Morgan fingerprint density at radius 1 is 0.656 bits per heavy atom. The van der Waals surface area contributed by atoms with Crippen LogP contribution < -0.4 is 35.3 Å². The zero-order valence-corrected chi connectivity index (χ0v) is 21.7. The maximum atomic E-state index is 2.38. The Bertz CT molecular complexity index is 1260. The van der Waals surface area contributed by atoms with Gasteiger partial charge in [-0.05, 0) is 57.5 Å². The van der Waals surface area contributed by atoms with Crippen molar-refractivity contribution < 1.29 is 51.0 Å². The molecule has 3 aliphatic rings. The molecule has 1 atom stereocenters. The van der Waals surface area contributed by atoms with Crippen LogP contribution in [0.15, 0.2) is 97.1 Å². The van der Waals surface area contributed by atoms with Gasteiger partial charge in [-0.3, -0.25) is 0 Å². The molecule has 0 radical (unpaired) electrons. The second-order valence-corrected chi connectivity index (χ2v) is 8.37. The van der Waals surface area contributed by atoms with Gasteiger partial charge in [0.05, 0.1) is 0 Å². The zero-order valence-electron chi connectivity index (χ0n) is 17.8. The standard InChI is InChI=1S/C29H24.2ClH.Zr/c1-5-14-24-20(10-1)21-11-2-6-15-25(21)28(24)18-9-19-29-26-16-7-3-12-22(26)23-13-4-8-17-27(23)29;;;/h1-8,10-17,24,29H,9,18-19H2;2*1H;/q;;;+2/p-2. The quantitative estimate of drug-likeness (QED) is 0.433. The molecule has 3 aromatic carbocycles. The van der Waals surface area contributed by atoms with Gasteiger partial charge in [-0.25, -0.2) is 0 Å². The molecule has 32 heavy (non-hydrogen) atoms. The largest absolute Gasteiger partial charge is 2.00 e. The van der Waals surface area contributed by atoms with Gasteiger partial charge in [0, 0.05) is 11.8 Å². The van der Waals surface area contributed by atoms with Crippen LogP contribution in [-0.4, -0.2) is 0 Å². The molecule has 0 amide bonds. The first kappa shape index (κ1) is 25.0. The molecular formula is C29H24Cl2Zr. The van der Waals surface area contributed by atoms with Gasteiger partial charge >= 0.3 is 26.2 Å². The van der Waals surface area contributed by atoms with Crippen molar-refractivity contribution in [1.82, 2.24) is 0 Å². The maximum absolute atomic E-state index is 2.38. The van der Waals surface area contributed by atoms with Crippen LogP contribution in [0.1, 0.15) is 36.3 Å². The molecule has 0 aliphatic heterocycles. The van der Waals surface area contributed by atoms with E-state index in [0.717, 1.165) is 0 Å². The Morgan fingerprint density at radius 2 is 1.25 bits per heavy atom. The van der Waals surface area contributed by atoms with Gasteiger partial charge in [-0.15, -0.1) is 0 Å². The smallest absolute Gasteiger partial charge is 1.00 e. The van der Waals surface area contributed by atoms with E-state index in [2.05, 4.69) is 97.1 Å². The zero-order chi connectivity index (χ0) is 19.2. The van der Waals surface area contributed by atoms with Crippen molar-refractivity contribution in [2.24, 2.45) is 5.92 Å². The third kappa shape index (κ3) is 4.05. The van der Waals surface area contributed by atoms with Crippen molar-refractivity contribution in [2.45, 2.75) is 25.2 Å². The number of halogens is 2. The summed E-state index contributed by atoms with van der Waals surface area (Å²) in [4.78, 5) is 0. The van der Waals surface area contributed by atoms with E-state index < -0.39 is 0 Å². The molecule has 0 spiro atoms. The van der Waals surface area contributed by atoms with Crippen LogP contribution >= 0.6 is 0 Å². The van der Waals surface area contributed by atoms with Gasteiger partial charge < -0.3 is 24.8 Å². The molecule has 0 heterocycles. The van der Waals surface area contributed by atoms with Crippen molar-refractivity contribution in [3.8, 4) is 11.1 Å². The Balaban J connectivity index is 0.000000963. The first-order valence-electron chi connectivity index (χ1n) is 10.8. The minimum atomic E-state index is 0. The molecule has 0 N–H and O–H groups in total. The van der Waals surface area contributed by atoms with Gasteiger partial charge in [-0.1, -0.05) is 103 Å². The van der Waals surface area contributed by atoms with E-state index in [1.807, 2.05) is 0 Å². The van der Waals surface area contributed by atoms with Crippen LogP contribution in [0.3, 0.4) is 0 Å². The maximum Gasteiger partial charge on any atom is 2.00 e. The fraction of sp³-hybridized carbons (Fsp3) is 0.172. The summed E-state index contributed by atoms with van der Waals surface area (Å²) in [6, 6.07) is 26.9. The summed E-state index contributed by atoms with van der Waals surface area (Å²) in [5, 5.41) is 2.90. The van der Waals surface area contributed by atoms with E-state index in [1.165, 1.54) is 57.5 Å². The summed E-state index contributed by atoms with van der Waals surface area (Å²) in [6.45, 7) is 0. The number of benzene rings is 3. The molecule has 3 aliphatic carbocycles. The number of hydrogen-bond donors (Lipinski definition) is 0. The average molecular weight is 535 g/mol. The third-order valence-corrected chi connectivity index (χ3v) is 6.89. The van der Waals surface area contributed by atoms with Gasteiger partial charge in [0.25, 0.3) is 0 Å². The normalized spacial score (nSPS) is 16.8. The summed E-state index contributed by atoms with van der Waals surface area (Å²) in [6.07, 6.45) is 12.7. The fourth-order valence-electron chi connectivity index (χ4n) is 5.64. The number of hydrogen-bond acceptors (Lipinski definition) is 0. The third-order valence-electron chi connectivity index (χ3n) is 6.89. The first-order valence-corrected chi connectivity index (χ1v) is 10.8. The Morgan fingerprint density at radius 3 is 1.94 bits per heavy atom. The van der Waals surface area contributed by atoms with Gasteiger partial charge in [-0.2, -0.15) is 0 Å². The van der Waals surface area contributed by atoms with Gasteiger partial charge in [0.2, 0.25) is 0 Å². The second kappa shape index (κ2) is 10.5. The summed E-state index contributed by atoms with van der Waals surface area (Å²) >= 11 is 0. The number of allylic oxidation sites excluding steroid dienone is 4. The number of rotatable bonds is 4. The SMILES string of the molecule is C1=CC2=c3ccccc3=C(CCCC3c4ccccc4-c4ccccc43)C2C=C1.[Cl-].[Cl-].[Zr+2]. The van der Waals surface area contributed by atoms with Gasteiger partial charge in [0.15, 0.2) is 0 Å². The van der Waals surface area contributed by atoms with Crippen LogP contribution in [-0.2, 0) is 26.2 Å². The van der Waals surface area contributed by atoms with E-state index in [1.54, 1.807) is 5.57 Å². The fourth-order valence-corrected chi connectivity index (χ4v) is 5.64. The summed E-state index contributed by atoms with van der Waals surface area (Å²) in [5.41, 5.74) is 8.98. The van der Waals surface area contributed by atoms with Crippen LogP contribution in [0.4, 0.5) is 0 Å². The van der Waals surface area contributed by atoms with Crippen molar-refractivity contribution in [1.29, 1.82) is 0 Å². The molecule has 0 bridgehead atoms. The van der Waals surface area contributed by atoms with Crippen molar-refractivity contribution in [2.75, 3.05) is 0 Å². The van der Waals surface area contributed by atoms with Crippen molar-refractivity contribution >= 4 is 11.1 Å².